The number of nitrogens with one attached hydrogen (secondary N) is 1. The second-order valence-corrected chi connectivity index (χ2v) is 10.9. The minimum Gasteiger partial charge on any atom is -0.369 e. The van der Waals surface area contributed by atoms with Gasteiger partial charge in [0.05, 0.1) is 11.6 Å². The minimum absolute atomic E-state index is 0.0613. The predicted octanol–water partition coefficient (Wildman–Crippen LogP) is 5.59. The molecule has 0 fully saturated rings. The Morgan fingerprint density at radius 3 is 2.03 bits per heavy atom. The zero-order valence-corrected chi connectivity index (χ0v) is 21.6. The summed E-state index contributed by atoms with van der Waals surface area (Å²) < 4.78 is 0. The van der Waals surface area contributed by atoms with E-state index >= 15 is 0 Å². The highest BCUT2D eigenvalue weighted by Crippen LogP contribution is 2.21. The number of aryl methyl sites for hydroxylation is 2. The molecule has 0 heterocycles. The molecule has 33 heavy (non-hydrogen) atoms. The molecule has 182 valence electrons. The Labute approximate surface area is 202 Å². The number of carbonyl (C=O) groups excluding carboxylic acids is 1. The summed E-state index contributed by atoms with van der Waals surface area (Å²) in [5.74, 6) is 0.959. The van der Waals surface area contributed by atoms with E-state index in [0.717, 1.165) is 32.4 Å². The molecule has 0 unspecified atom stereocenters. The first-order valence-electron chi connectivity index (χ1n) is 12.5. The van der Waals surface area contributed by atoms with Gasteiger partial charge >= 0.3 is 0 Å². The highest BCUT2D eigenvalue weighted by molar-refractivity contribution is 5.82. The second kappa shape index (κ2) is 12.8. The molecule has 1 atom stereocenters. The van der Waals surface area contributed by atoms with Gasteiger partial charge in [-0.15, -0.1) is 0 Å². The van der Waals surface area contributed by atoms with Crippen LogP contribution in [-0.4, -0.2) is 30.6 Å². The maximum absolute atomic E-state index is 12.7. The third-order valence-corrected chi connectivity index (χ3v) is 5.93. The number of anilines is 1. The van der Waals surface area contributed by atoms with Gasteiger partial charge in [0.25, 0.3) is 0 Å². The lowest BCUT2D eigenvalue weighted by Gasteiger charge is -2.36. The summed E-state index contributed by atoms with van der Waals surface area (Å²) in [6, 6.07) is 19.1. The Kier molecular flexibility index (Phi) is 10.4. The van der Waals surface area contributed by atoms with Gasteiger partial charge in [-0.1, -0.05) is 70.2 Å². The molecule has 1 amide bonds. The molecule has 0 spiro atoms. The van der Waals surface area contributed by atoms with Crippen molar-refractivity contribution < 1.29 is 4.79 Å². The van der Waals surface area contributed by atoms with E-state index < -0.39 is 6.04 Å². The van der Waals surface area contributed by atoms with E-state index in [2.05, 4.69) is 106 Å². The van der Waals surface area contributed by atoms with Crippen LogP contribution in [-0.2, 0) is 17.6 Å². The van der Waals surface area contributed by atoms with Crippen LogP contribution in [0.3, 0.4) is 0 Å². The smallest absolute Gasteiger partial charge is 0.237 e. The van der Waals surface area contributed by atoms with Crippen LogP contribution in [0.4, 0.5) is 5.69 Å². The molecular weight excluding hydrogens is 406 g/mol. The topological polar surface area (TPSA) is 58.4 Å². The number of nitrogens with zero attached hydrogens (tertiary/aromatic N) is 1. The molecule has 0 bridgehead atoms. The molecule has 2 aromatic rings. The molecule has 2 aromatic carbocycles. The number of benzene rings is 2. The lowest BCUT2D eigenvalue weighted by atomic mass is 9.99. The van der Waals surface area contributed by atoms with E-state index in [4.69, 9.17) is 5.73 Å². The summed E-state index contributed by atoms with van der Waals surface area (Å²) in [5, 5.41) is 3.19. The number of carbonyl (C=O) groups is 1. The molecule has 0 aliphatic carbocycles. The first-order chi connectivity index (χ1) is 15.6. The van der Waals surface area contributed by atoms with Crippen LogP contribution in [0.1, 0.15) is 65.5 Å². The number of hydrogen-bond donors (Lipinski definition) is 2. The van der Waals surface area contributed by atoms with Crippen molar-refractivity contribution in [3.63, 3.8) is 0 Å². The van der Waals surface area contributed by atoms with Crippen LogP contribution in [0, 0.1) is 11.8 Å². The zero-order chi connectivity index (χ0) is 24.4. The van der Waals surface area contributed by atoms with Gasteiger partial charge in [0, 0.05) is 18.8 Å². The predicted molar refractivity (Wildman–Crippen MR) is 142 cm³/mol. The van der Waals surface area contributed by atoms with Gasteiger partial charge < -0.3 is 16.0 Å². The molecule has 0 saturated carbocycles. The fourth-order valence-electron chi connectivity index (χ4n) is 4.08. The van der Waals surface area contributed by atoms with Gasteiger partial charge in [-0.3, -0.25) is 4.79 Å². The van der Waals surface area contributed by atoms with Crippen molar-refractivity contribution >= 4 is 11.6 Å². The Hall–Kier alpha value is -2.33. The van der Waals surface area contributed by atoms with Crippen molar-refractivity contribution in [1.29, 1.82) is 0 Å². The lowest BCUT2D eigenvalue weighted by molar-refractivity contribution is -0.124. The average Bonchev–Trinajstić information content (AvgIpc) is 2.75. The Morgan fingerprint density at radius 2 is 1.48 bits per heavy atom. The van der Waals surface area contributed by atoms with Gasteiger partial charge in [0.2, 0.25) is 5.91 Å². The Balaban J connectivity index is 2.05. The molecule has 0 aromatic heterocycles. The molecular formula is C29H45N3O. The van der Waals surface area contributed by atoms with Gasteiger partial charge in [-0.2, -0.15) is 0 Å². The molecule has 0 aliphatic heterocycles. The van der Waals surface area contributed by atoms with E-state index in [9.17, 15) is 4.79 Å². The van der Waals surface area contributed by atoms with Crippen molar-refractivity contribution in [2.75, 3.05) is 18.0 Å². The van der Waals surface area contributed by atoms with Crippen molar-refractivity contribution in [3.05, 3.63) is 65.7 Å². The van der Waals surface area contributed by atoms with Crippen molar-refractivity contribution in [1.82, 2.24) is 5.32 Å². The van der Waals surface area contributed by atoms with Crippen LogP contribution in [0.25, 0.3) is 0 Å². The van der Waals surface area contributed by atoms with Gasteiger partial charge in [-0.25, -0.2) is 0 Å². The SMILES string of the molecule is CC(C)CCN(CC(C)(C)NC(=O)[C@@H](N)CC(C)C)c1ccc(CCc2ccccc2)cc1. The van der Waals surface area contributed by atoms with Crippen LogP contribution in [0.15, 0.2) is 54.6 Å². The van der Waals surface area contributed by atoms with Crippen LogP contribution < -0.4 is 16.0 Å². The Bertz CT molecular complexity index is 828. The average molecular weight is 452 g/mol. The second-order valence-electron chi connectivity index (χ2n) is 10.9. The maximum Gasteiger partial charge on any atom is 0.237 e. The van der Waals surface area contributed by atoms with Gasteiger partial charge in [0.1, 0.15) is 0 Å². The van der Waals surface area contributed by atoms with E-state index in [1.807, 2.05) is 0 Å². The largest absolute Gasteiger partial charge is 0.369 e. The van der Waals surface area contributed by atoms with Crippen molar-refractivity contribution in [2.45, 2.75) is 78.8 Å². The quantitative estimate of drug-likeness (QED) is 0.417. The molecule has 2 rings (SSSR count). The summed E-state index contributed by atoms with van der Waals surface area (Å²) in [6.07, 6.45) is 3.88. The summed E-state index contributed by atoms with van der Waals surface area (Å²) in [5.41, 5.74) is 9.66. The number of nitrogens with two attached hydrogens (primary N) is 1. The highest BCUT2D eigenvalue weighted by Gasteiger charge is 2.27. The third-order valence-electron chi connectivity index (χ3n) is 5.93. The number of hydrogen-bond acceptors (Lipinski definition) is 3. The van der Waals surface area contributed by atoms with Crippen LogP contribution in [0.2, 0.25) is 0 Å². The van der Waals surface area contributed by atoms with Crippen LogP contribution >= 0.6 is 0 Å². The molecule has 0 aliphatic rings. The monoisotopic (exact) mass is 451 g/mol. The molecule has 0 saturated heterocycles. The highest BCUT2D eigenvalue weighted by atomic mass is 16.2. The third kappa shape index (κ3) is 10.00. The molecule has 4 nitrogen and oxygen atoms in total. The Morgan fingerprint density at radius 1 is 0.909 bits per heavy atom. The molecule has 0 radical (unpaired) electrons. The maximum atomic E-state index is 12.7. The standard InChI is InChI=1S/C29H45N3O/c1-22(2)18-19-32(21-29(5,6)31-28(33)27(30)20-23(3)4)26-16-14-25(15-17-26)13-12-24-10-8-7-9-11-24/h7-11,14-17,22-23,27H,12-13,18-21,30H2,1-6H3,(H,31,33)/t27-/m0/s1. The summed E-state index contributed by atoms with van der Waals surface area (Å²) in [7, 11) is 0. The zero-order valence-electron chi connectivity index (χ0n) is 21.6. The first kappa shape index (κ1) is 26.9. The van der Waals surface area contributed by atoms with E-state index in [1.165, 1.54) is 16.8 Å². The van der Waals surface area contributed by atoms with Gasteiger partial charge in [-0.05, 0) is 74.6 Å². The number of amides is 1. The van der Waals surface area contributed by atoms with Crippen LogP contribution in [0.5, 0.6) is 0 Å². The fourth-order valence-corrected chi connectivity index (χ4v) is 4.08. The first-order valence-corrected chi connectivity index (χ1v) is 12.5. The summed E-state index contributed by atoms with van der Waals surface area (Å²) >= 11 is 0. The van der Waals surface area contributed by atoms with Crippen molar-refractivity contribution in [2.24, 2.45) is 17.6 Å². The summed E-state index contributed by atoms with van der Waals surface area (Å²) in [4.78, 5) is 15.1. The summed E-state index contributed by atoms with van der Waals surface area (Å²) in [6.45, 7) is 14.6. The number of rotatable bonds is 13. The molecule has 4 heteroatoms. The van der Waals surface area contributed by atoms with E-state index in [1.54, 1.807) is 0 Å². The van der Waals surface area contributed by atoms with E-state index in [0.29, 0.717) is 18.3 Å². The lowest BCUT2D eigenvalue weighted by Crippen LogP contribution is -2.56. The fraction of sp³-hybridized carbons (Fsp3) is 0.552. The van der Waals surface area contributed by atoms with Crippen molar-refractivity contribution in [3.8, 4) is 0 Å². The van der Waals surface area contributed by atoms with E-state index in [-0.39, 0.29) is 11.4 Å². The molecule has 3 N–H and O–H groups in total. The minimum atomic E-state index is -0.461. The van der Waals surface area contributed by atoms with Gasteiger partial charge in [0.15, 0.2) is 0 Å². The normalized spacial score (nSPS) is 12.8.